The fraction of sp³-hybridized carbons (Fsp3) is 0.600. The number of hydrogen-bond donors (Lipinski definition) is 1. The summed E-state index contributed by atoms with van der Waals surface area (Å²) in [5, 5.41) is 2.99. The molecule has 0 spiro atoms. The standard InChI is InChI=1S/C15H22N4O2/c1-10(2)14-16-7-4-13(18-14)15(21)17-12-5-8-19(9-6-12)11(3)20/h4,7,10,12H,5-6,8-9H2,1-3H3,(H,17,21). The number of carbonyl (C=O) groups excluding carboxylic acids is 2. The van der Waals surface area contributed by atoms with E-state index in [0.717, 1.165) is 12.8 Å². The molecule has 1 aliphatic rings. The molecule has 0 aliphatic carbocycles. The fourth-order valence-electron chi connectivity index (χ4n) is 2.38. The van der Waals surface area contributed by atoms with Gasteiger partial charge < -0.3 is 10.2 Å². The predicted octanol–water partition coefficient (Wildman–Crippen LogP) is 1.34. The number of aromatic nitrogens is 2. The van der Waals surface area contributed by atoms with E-state index in [1.807, 2.05) is 18.7 Å². The summed E-state index contributed by atoms with van der Waals surface area (Å²) in [7, 11) is 0. The molecule has 6 nitrogen and oxygen atoms in total. The van der Waals surface area contributed by atoms with Gasteiger partial charge in [-0.15, -0.1) is 0 Å². The van der Waals surface area contributed by atoms with Gasteiger partial charge in [0.05, 0.1) is 0 Å². The first-order valence-electron chi connectivity index (χ1n) is 7.36. The lowest BCUT2D eigenvalue weighted by Crippen LogP contribution is -2.46. The Hall–Kier alpha value is -1.98. The van der Waals surface area contributed by atoms with E-state index in [9.17, 15) is 9.59 Å². The van der Waals surface area contributed by atoms with Gasteiger partial charge in [-0.25, -0.2) is 9.97 Å². The van der Waals surface area contributed by atoms with Crippen molar-refractivity contribution in [1.29, 1.82) is 0 Å². The van der Waals surface area contributed by atoms with Crippen LogP contribution in [0.4, 0.5) is 0 Å². The zero-order valence-corrected chi connectivity index (χ0v) is 12.8. The lowest BCUT2D eigenvalue weighted by Gasteiger charge is -2.31. The summed E-state index contributed by atoms with van der Waals surface area (Å²) in [5.74, 6) is 0.795. The highest BCUT2D eigenvalue weighted by Gasteiger charge is 2.22. The van der Waals surface area contributed by atoms with E-state index in [2.05, 4.69) is 15.3 Å². The van der Waals surface area contributed by atoms with E-state index in [1.165, 1.54) is 0 Å². The molecule has 0 aromatic carbocycles. The van der Waals surface area contributed by atoms with Crippen molar-refractivity contribution >= 4 is 11.8 Å². The van der Waals surface area contributed by atoms with Crippen molar-refractivity contribution < 1.29 is 9.59 Å². The maximum atomic E-state index is 12.2. The number of nitrogens with one attached hydrogen (secondary N) is 1. The maximum Gasteiger partial charge on any atom is 0.270 e. The zero-order chi connectivity index (χ0) is 15.4. The van der Waals surface area contributed by atoms with Crippen molar-refractivity contribution in [3.05, 3.63) is 23.8 Å². The Morgan fingerprint density at radius 3 is 2.57 bits per heavy atom. The molecule has 2 rings (SSSR count). The average molecular weight is 290 g/mol. The summed E-state index contributed by atoms with van der Waals surface area (Å²) < 4.78 is 0. The van der Waals surface area contributed by atoms with Crippen molar-refractivity contribution in [2.45, 2.75) is 45.6 Å². The summed E-state index contributed by atoms with van der Waals surface area (Å²) in [5.41, 5.74) is 0.405. The minimum Gasteiger partial charge on any atom is -0.348 e. The van der Waals surface area contributed by atoms with Crippen LogP contribution >= 0.6 is 0 Å². The van der Waals surface area contributed by atoms with Gasteiger partial charge in [0, 0.05) is 38.2 Å². The zero-order valence-electron chi connectivity index (χ0n) is 12.8. The smallest absolute Gasteiger partial charge is 0.270 e. The molecule has 0 bridgehead atoms. The third kappa shape index (κ3) is 4.00. The second-order valence-electron chi connectivity index (χ2n) is 5.71. The number of piperidine rings is 1. The Labute approximate surface area is 125 Å². The molecule has 114 valence electrons. The predicted molar refractivity (Wildman–Crippen MR) is 78.9 cm³/mol. The molecule has 0 unspecified atom stereocenters. The number of likely N-dealkylation sites (tertiary alicyclic amines) is 1. The van der Waals surface area contributed by atoms with Crippen molar-refractivity contribution in [2.24, 2.45) is 0 Å². The molecule has 6 heteroatoms. The van der Waals surface area contributed by atoms with Crippen molar-refractivity contribution in [2.75, 3.05) is 13.1 Å². The number of nitrogens with zero attached hydrogens (tertiary/aromatic N) is 3. The minimum absolute atomic E-state index is 0.0946. The van der Waals surface area contributed by atoms with E-state index in [0.29, 0.717) is 24.6 Å². The minimum atomic E-state index is -0.166. The van der Waals surface area contributed by atoms with Gasteiger partial charge in [0.25, 0.3) is 5.91 Å². The summed E-state index contributed by atoms with van der Waals surface area (Å²) in [4.78, 5) is 33.8. The third-order valence-electron chi connectivity index (χ3n) is 3.70. The van der Waals surface area contributed by atoms with Gasteiger partial charge in [-0.3, -0.25) is 9.59 Å². The average Bonchev–Trinajstić information content (AvgIpc) is 2.48. The summed E-state index contributed by atoms with van der Waals surface area (Å²) >= 11 is 0. The highest BCUT2D eigenvalue weighted by atomic mass is 16.2. The van der Waals surface area contributed by atoms with Crippen LogP contribution in [0.2, 0.25) is 0 Å². The van der Waals surface area contributed by atoms with E-state index in [4.69, 9.17) is 0 Å². The maximum absolute atomic E-state index is 12.2. The van der Waals surface area contributed by atoms with Crippen LogP contribution in [0.5, 0.6) is 0 Å². The molecule has 2 heterocycles. The van der Waals surface area contributed by atoms with E-state index >= 15 is 0 Å². The van der Waals surface area contributed by atoms with Crippen LogP contribution in [-0.2, 0) is 4.79 Å². The fourth-order valence-corrected chi connectivity index (χ4v) is 2.38. The normalized spacial score (nSPS) is 16.1. The number of carbonyl (C=O) groups is 2. The van der Waals surface area contributed by atoms with Gasteiger partial charge in [-0.2, -0.15) is 0 Å². The van der Waals surface area contributed by atoms with Crippen LogP contribution in [-0.4, -0.2) is 45.8 Å². The number of amides is 2. The van der Waals surface area contributed by atoms with Gasteiger partial charge in [-0.05, 0) is 18.9 Å². The Balaban J connectivity index is 1.93. The van der Waals surface area contributed by atoms with Gasteiger partial charge in [0.15, 0.2) is 0 Å². The first-order valence-corrected chi connectivity index (χ1v) is 7.36. The second-order valence-corrected chi connectivity index (χ2v) is 5.71. The SMILES string of the molecule is CC(=O)N1CCC(NC(=O)c2ccnc(C(C)C)n2)CC1. The lowest BCUT2D eigenvalue weighted by atomic mass is 10.0. The highest BCUT2D eigenvalue weighted by Crippen LogP contribution is 2.12. The largest absolute Gasteiger partial charge is 0.348 e. The number of hydrogen-bond acceptors (Lipinski definition) is 4. The van der Waals surface area contributed by atoms with Crippen LogP contribution in [0.25, 0.3) is 0 Å². The van der Waals surface area contributed by atoms with Crippen LogP contribution in [0.15, 0.2) is 12.3 Å². The molecule has 0 radical (unpaired) electrons. The molecule has 0 saturated carbocycles. The Morgan fingerprint density at radius 1 is 1.33 bits per heavy atom. The van der Waals surface area contributed by atoms with Gasteiger partial charge in [-0.1, -0.05) is 13.8 Å². The molecule has 1 N–H and O–H groups in total. The summed E-state index contributed by atoms with van der Waals surface area (Å²) in [6.07, 6.45) is 3.19. The Bertz CT molecular complexity index is 522. The molecule has 1 aromatic heterocycles. The molecular weight excluding hydrogens is 268 g/mol. The van der Waals surface area contributed by atoms with Crippen LogP contribution in [0.3, 0.4) is 0 Å². The van der Waals surface area contributed by atoms with Crippen molar-refractivity contribution in [3.63, 3.8) is 0 Å². The summed E-state index contributed by atoms with van der Waals surface area (Å²) in [6.45, 7) is 6.96. The van der Waals surface area contributed by atoms with Gasteiger partial charge in [0.1, 0.15) is 11.5 Å². The van der Waals surface area contributed by atoms with Crippen molar-refractivity contribution in [1.82, 2.24) is 20.2 Å². The first-order chi connectivity index (χ1) is 9.97. The van der Waals surface area contributed by atoms with Gasteiger partial charge in [0.2, 0.25) is 5.91 Å². The lowest BCUT2D eigenvalue weighted by molar-refractivity contribution is -0.129. The molecule has 21 heavy (non-hydrogen) atoms. The molecule has 2 amide bonds. The number of rotatable bonds is 3. The van der Waals surface area contributed by atoms with E-state index in [1.54, 1.807) is 19.2 Å². The van der Waals surface area contributed by atoms with E-state index < -0.39 is 0 Å². The molecule has 1 aliphatic heterocycles. The molecule has 1 saturated heterocycles. The molecular formula is C15H22N4O2. The second kappa shape index (κ2) is 6.65. The first kappa shape index (κ1) is 15.4. The van der Waals surface area contributed by atoms with Crippen molar-refractivity contribution in [3.8, 4) is 0 Å². The molecule has 1 fully saturated rings. The molecule has 1 aromatic rings. The van der Waals surface area contributed by atoms with Gasteiger partial charge >= 0.3 is 0 Å². The van der Waals surface area contributed by atoms with E-state index in [-0.39, 0.29) is 23.8 Å². The van der Waals surface area contributed by atoms with Crippen LogP contribution < -0.4 is 5.32 Å². The molecule has 0 atom stereocenters. The topological polar surface area (TPSA) is 75.2 Å². The quantitative estimate of drug-likeness (QED) is 0.911. The summed E-state index contributed by atoms with van der Waals surface area (Å²) in [6, 6.07) is 1.73. The monoisotopic (exact) mass is 290 g/mol. The Morgan fingerprint density at radius 2 is 2.00 bits per heavy atom. The third-order valence-corrected chi connectivity index (χ3v) is 3.70. The van der Waals surface area contributed by atoms with Crippen LogP contribution in [0, 0.1) is 0 Å². The Kier molecular flexibility index (Phi) is 4.88. The van der Waals surface area contributed by atoms with Crippen LogP contribution in [0.1, 0.15) is 55.8 Å². The highest BCUT2D eigenvalue weighted by molar-refractivity contribution is 5.92.